The van der Waals surface area contributed by atoms with Crippen molar-refractivity contribution in [1.82, 2.24) is 5.32 Å². The van der Waals surface area contributed by atoms with Crippen LogP contribution in [0.3, 0.4) is 0 Å². The van der Waals surface area contributed by atoms with Crippen molar-refractivity contribution in [2.24, 2.45) is 0 Å². The molecule has 0 fully saturated rings. The molecule has 2 amide bonds. The average Bonchev–Trinajstić information content (AvgIpc) is 3.13. The minimum absolute atomic E-state index is 0.0875. The number of quaternary nitrogens is 1. The zero-order valence-corrected chi connectivity index (χ0v) is 14.9. The molecule has 0 radical (unpaired) electrons. The molecule has 0 bridgehead atoms. The minimum atomic E-state index is -0.217. The van der Waals surface area contributed by atoms with Gasteiger partial charge in [-0.1, -0.05) is 18.2 Å². The summed E-state index contributed by atoms with van der Waals surface area (Å²) in [7, 11) is 0. The van der Waals surface area contributed by atoms with Gasteiger partial charge < -0.3 is 15.5 Å². The molecule has 130 valence electrons. The van der Waals surface area contributed by atoms with E-state index in [-0.39, 0.29) is 24.9 Å². The van der Waals surface area contributed by atoms with E-state index in [9.17, 15) is 9.59 Å². The maximum absolute atomic E-state index is 12.2. The van der Waals surface area contributed by atoms with Gasteiger partial charge in [-0.25, -0.2) is 0 Å². The average molecular weight is 357 g/mol. The number of thiophene rings is 1. The van der Waals surface area contributed by atoms with E-state index in [4.69, 9.17) is 5.26 Å². The highest BCUT2D eigenvalue weighted by Crippen LogP contribution is 2.12. The Morgan fingerprint density at radius 2 is 1.92 bits per heavy atom. The predicted molar refractivity (Wildman–Crippen MR) is 97.2 cm³/mol. The largest absolute Gasteiger partial charge is 0.346 e. The molecule has 0 saturated carbocycles. The van der Waals surface area contributed by atoms with Crippen molar-refractivity contribution in [3.63, 3.8) is 0 Å². The van der Waals surface area contributed by atoms with Gasteiger partial charge in [0.15, 0.2) is 13.1 Å². The monoisotopic (exact) mass is 357 g/mol. The third-order valence-electron chi connectivity index (χ3n) is 3.68. The molecule has 1 atom stereocenters. The van der Waals surface area contributed by atoms with E-state index in [0.717, 1.165) is 9.78 Å². The number of hydrogen-bond donors (Lipinski definition) is 3. The van der Waals surface area contributed by atoms with Gasteiger partial charge in [0.25, 0.3) is 11.8 Å². The van der Waals surface area contributed by atoms with Crippen LogP contribution in [0.15, 0.2) is 41.8 Å². The Morgan fingerprint density at radius 1 is 1.16 bits per heavy atom. The Bertz CT molecular complexity index is 753. The van der Waals surface area contributed by atoms with Crippen LogP contribution in [0.5, 0.6) is 0 Å². The molecule has 0 saturated heterocycles. The Kier molecular flexibility index (Phi) is 7.14. The lowest BCUT2D eigenvalue weighted by Crippen LogP contribution is -3.14. The fourth-order valence-corrected chi connectivity index (χ4v) is 2.96. The van der Waals surface area contributed by atoms with Crippen molar-refractivity contribution >= 4 is 28.8 Å². The molecule has 3 N–H and O–H groups in total. The van der Waals surface area contributed by atoms with E-state index in [1.807, 2.05) is 30.5 Å². The van der Waals surface area contributed by atoms with Gasteiger partial charge in [-0.2, -0.15) is 5.26 Å². The van der Waals surface area contributed by atoms with Gasteiger partial charge in [0.1, 0.15) is 6.07 Å². The number of anilines is 1. The molecule has 1 aromatic carbocycles. The van der Waals surface area contributed by atoms with Gasteiger partial charge in [-0.3, -0.25) is 9.59 Å². The van der Waals surface area contributed by atoms with Gasteiger partial charge in [0.2, 0.25) is 0 Å². The van der Waals surface area contributed by atoms with Crippen LogP contribution in [0.25, 0.3) is 0 Å². The fourth-order valence-electron chi connectivity index (χ4n) is 2.31. The molecular weight excluding hydrogens is 336 g/mol. The third-order valence-corrected chi connectivity index (χ3v) is 4.56. The molecule has 0 aliphatic rings. The van der Waals surface area contributed by atoms with Crippen LogP contribution in [0.4, 0.5) is 5.69 Å². The van der Waals surface area contributed by atoms with Crippen LogP contribution in [0.2, 0.25) is 0 Å². The van der Waals surface area contributed by atoms with Gasteiger partial charge >= 0.3 is 0 Å². The summed E-state index contributed by atoms with van der Waals surface area (Å²) in [6.45, 7) is 3.49. The first-order chi connectivity index (χ1) is 12.1. The molecule has 7 heteroatoms. The summed E-state index contributed by atoms with van der Waals surface area (Å²) in [6.07, 6.45) is 0. The lowest BCUT2D eigenvalue weighted by atomic mass is 10.2. The number of nitrogens with one attached hydrogen (secondary N) is 3. The number of carbonyl (C=O) groups is 2. The second-order valence-corrected chi connectivity index (χ2v) is 6.55. The molecule has 0 aliphatic carbocycles. The number of benzene rings is 1. The number of hydrogen-bond acceptors (Lipinski definition) is 4. The molecule has 2 aromatic rings. The lowest BCUT2D eigenvalue weighted by Gasteiger charge is -2.17. The number of rotatable bonds is 8. The Balaban J connectivity index is 1.83. The molecule has 6 nitrogen and oxygen atoms in total. The van der Waals surface area contributed by atoms with E-state index in [2.05, 4.69) is 10.6 Å². The van der Waals surface area contributed by atoms with Crippen LogP contribution < -0.4 is 15.5 Å². The SMILES string of the molecule is CC[NH+](CC(=O)NCc1cccs1)CC(=O)Nc1ccccc1C#N. The minimum Gasteiger partial charge on any atom is -0.346 e. The number of nitrogens with zero attached hydrogens (tertiary/aromatic N) is 1. The van der Waals surface area contributed by atoms with E-state index in [0.29, 0.717) is 24.3 Å². The smallest absolute Gasteiger partial charge is 0.279 e. The first-order valence-corrected chi connectivity index (χ1v) is 8.92. The van der Waals surface area contributed by atoms with E-state index in [1.165, 1.54) is 0 Å². The maximum atomic E-state index is 12.2. The summed E-state index contributed by atoms with van der Waals surface area (Å²) in [6, 6.07) is 12.8. The standard InChI is InChI=1S/C18H20N4O2S/c1-2-22(12-17(23)20-11-15-7-5-9-25-15)13-18(24)21-16-8-4-3-6-14(16)10-19/h3-9H,2,11-13H2,1H3,(H,20,23)(H,21,24)/p+1. The highest BCUT2D eigenvalue weighted by molar-refractivity contribution is 7.09. The molecule has 25 heavy (non-hydrogen) atoms. The first kappa shape index (κ1) is 18.6. The summed E-state index contributed by atoms with van der Waals surface area (Å²) < 4.78 is 0. The van der Waals surface area contributed by atoms with Crippen LogP contribution in [0.1, 0.15) is 17.4 Å². The second-order valence-electron chi connectivity index (χ2n) is 5.52. The van der Waals surface area contributed by atoms with Crippen molar-refractivity contribution in [2.75, 3.05) is 25.0 Å². The summed E-state index contributed by atoms with van der Waals surface area (Å²) >= 11 is 1.59. The normalized spacial score (nSPS) is 11.4. The highest BCUT2D eigenvalue weighted by atomic mass is 32.1. The van der Waals surface area contributed by atoms with Crippen molar-refractivity contribution in [1.29, 1.82) is 5.26 Å². The van der Waals surface area contributed by atoms with Gasteiger partial charge in [0.05, 0.1) is 24.3 Å². The zero-order chi connectivity index (χ0) is 18.1. The number of amides is 2. The first-order valence-electron chi connectivity index (χ1n) is 8.04. The summed E-state index contributed by atoms with van der Waals surface area (Å²) in [5.74, 6) is -0.305. The van der Waals surface area contributed by atoms with Crippen LogP contribution in [-0.4, -0.2) is 31.4 Å². The van der Waals surface area contributed by atoms with E-state index < -0.39 is 0 Å². The number of para-hydroxylation sites is 1. The topological polar surface area (TPSA) is 86.4 Å². The number of nitriles is 1. The van der Waals surface area contributed by atoms with Crippen LogP contribution in [-0.2, 0) is 16.1 Å². The van der Waals surface area contributed by atoms with Crippen molar-refractivity contribution < 1.29 is 14.5 Å². The zero-order valence-electron chi connectivity index (χ0n) is 14.0. The van der Waals surface area contributed by atoms with E-state index >= 15 is 0 Å². The predicted octanol–water partition coefficient (Wildman–Crippen LogP) is 0.779. The van der Waals surface area contributed by atoms with Gasteiger partial charge in [0, 0.05) is 4.88 Å². The van der Waals surface area contributed by atoms with Gasteiger partial charge in [-0.15, -0.1) is 11.3 Å². The molecule has 1 heterocycles. The Morgan fingerprint density at radius 3 is 2.60 bits per heavy atom. The van der Waals surface area contributed by atoms with Crippen molar-refractivity contribution in [3.05, 3.63) is 52.2 Å². The Labute approximate surface area is 151 Å². The quantitative estimate of drug-likeness (QED) is 0.653. The van der Waals surface area contributed by atoms with Crippen LogP contribution in [0, 0.1) is 11.3 Å². The summed E-state index contributed by atoms with van der Waals surface area (Å²) in [4.78, 5) is 26.2. The van der Waals surface area contributed by atoms with Crippen LogP contribution >= 0.6 is 11.3 Å². The van der Waals surface area contributed by atoms with Crippen molar-refractivity contribution in [3.8, 4) is 6.07 Å². The third kappa shape index (κ3) is 6.03. The molecule has 0 spiro atoms. The molecule has 2 rings (SSSR count). The summed E-state index contributed by atoms with van der Waals surface area (Å²) in [5.41, 5.74) is 0.912. The van der Waals surface area contributed by atoms with E-state index in [1.54, 1.807) is 35.6 Å². The molecular formula is C18H21N4O2S+. The summed E-state index contributed by atoms with van der Waals surface area (Å²) in [5, 5.41) is 16.6. The maximum Gasteiger partial charge on any atom is 0.279 e. The highest BCUT2D eigenvalue weighted by Gasteiger charge is 2.17. The fraction of sp³-hybridized carbons (Fsp3) is 0.278. The van der Waals surface area contributed by atoms with Gasteiger partial charge in [-0.05, 0) is 30.5 Å². The molecule has 0 aliphatic heterocycles. The lowest BCUT2D eigenvalue weighted by molar-refractivity contribution is -0.881. The Hall–Kier alpha value is -2.69. The second kappa shape index (κ2) is 9.57. The molecule has 1 aromatic heterocycles. The number of carbonyl (C=O) groups excluding carboxylic acids is 2. The molecule has 1 unspecified atom stereocenters. The number of likely N-dealkylation sites (N-methyl/N-ethyl adjacent to an activating group) is 1. The van der Waals surface area contributed by atoms with Crippen molar-refractivity contribution in [2.45, 2.75) is 13.5 Å².